The minimum atomic E-state index is -2.08. The zero-order valence-electron chi connectivity index (χ0n) is 17.4. The van der Waals surface area contributed by atoms with Gasteiger partial charge in [-0.2, -0.15) is 0 Å². The summed E-state index contributed by atoms with van der Waals surface area (Å²) in [5.74, 6) is 2.71. The van der Waals surface area contributed by atoms with E-state index < -0.39 is 7.26 Å². The lowest BCUT2D eigenvalue weighted by atomic mass is 10.1. The fourth-order valence-electron chi connectivity index (χ4n) is 3.86. The van der Waals surface area contributed by atoms with Gasteiger partial charge in [0.25, 0.3) is 0 Å². The molecule has 0 unspecified atom stereocenters. The lowest BCUT2D eigenvalue weighted by molar-refractivity contribution is 0.382. The Morgan fingerprint density at radius 2 is 1.07 bits per heavy atom. The lowest BCUT2D eigenvalue weighted by Gasteiger charge is -2.24. The zero-order chi connectivity index (χ0) is 20.4. The molecule has 1 N–H and O–H groups in total. The van der Waals surface area contributed by atoms with Crippen molar-refractivity contribution in [3.63, 3.8) is 0 Å². The van der Waals surface area contributed by atoms with Gasteiger partial charge < -0.3 is 5.11 Å². The van der Waals surface area contributed by atoms with Crippen LogP contribution in [0.15, 0.2) is 103 Å². The SMILES string of the molecule is CCCCCCC/C(O)=C/[P+](c1ccccc1)(c1ccccc1)c1ccccc1. The second-order valence-corrected chi connectivity index (χ2v) is 10.8. The molecular formula is C27H32OP+. The van der Waals surface area contributed by atoms with Gasteiger partial charge in [0.15, 0.2) is 0 Å². The Hall–Kier alpha value is -2.37. The average Bonchev–Trinajstić information content (AvgIpc) is 2.79. The van der Waals surface area contributed by atoms with E-state index in [1.54, 1.807) is 0 Å². The summed E-state index contributed by atoms with van der Waals surface area (Å²) in [6, 6.07) is 32.0. The molecule has 0 saturated heterocycles. The highest BCUT2D eigenvalue weighted by atomic mass is 31.2. The summed E-state index contributed by atoms with van der Waals surface area (Å²) in [5, 5.41) is 14.8. The Bertz CT molecular complexity index is 776. The van der Waals surface area contributed by atoms with E-state index in [1.807, 2.05) is 0 Å². The van der Waals surface area contributed by atoms with Crippen molar-refractivity contribution in [1.29, 1.82) is 0 Å². The summed E-state index contributed by atoms with van der Waals surface area (Å²) >= 11 is 0. The third-order valence-corrected chi connectivity index (χ3v) is 9.39. The third-order valence-electron chi connectivity index (χ3n) is 5.37. The number of hydrogen-bond donors (Lipinski definition) is 1. The Morgan fingerprint density at radius 1 is 0.655 bits per heavy atom. The molecule has 29 heavy (non-hydrogen) atoms. The fourth-order valence-corrected chi connectivity index (χ4v) is 7.70. The number of allylic oxidation sites excluding steroid dienone is 1. The molecule has 0 bridgehead atoms. The van der Waals surface area contributed by atoms with Crippen LogP contribution in [0.5, 0.6) is 0 Å². The summed E-state index contributed by atoms with van der Waals surface area (Å²) in [4.78, 5) is 0. The number of aliphatic hydroxyl groups is 1. The molecule has 3 aromatic carbocycles. The standard InChI is InChI=1S/C27H31OP/c1-2-3-4-5-9-16-24(28)23-29(25-17-10-6-11-18-25,26-19-12-7-13-20-26)27-21-14-8-15-22-27/h6-8,10-15,17-23H,2-5,9,16H2,1H3/p+1/b24-23-. The lowest BCUT2D eigenvalue weighted by Crippen LogP contribution is -2.29. The molecular weight excluding hydrogens is 371 g/mol. The van der Waals surface area contributed by atoms with Gasteiger partial charge in [0.1, 0.15) is 34.8 Å². The van der Waals surface area contributed by atoms with Gasteiger partial charge in [-0.3, -0.25) is 0 Å². The summed E-state index contributed by atoms with van der Waals surface area (Å²) in [6.45, 7) is 2.23. The summed E-state index contributed by atoms with van der Waals surface area (Å²) in [6.07, 6.45) is 6.74. The van der Waals surface area contributed by atoms with E-state index in [0.29, 0.717) is 5.76 Å². The van der Waals surface area contributed by atoms with Crippen molar-refractivity contribution in [1.82, 2.24) is 0 Å². The van der Waals surface area contributed by atoms with E-state index in [1.165, 1.54) is 41.6 Å². The molecule has 2 heteroatoms. The molecule has 150 valence electrons. The van der Waals surface area contributed by atoms with E-state index in [-0.39, 0.29) is 0 Å². The summed E-state index contributed by atoms with van der Waals surface area (Å²) in [5.41, 5.74) is 0. The predicted molar refractivity (Wildman–Crippen MR) is 129 cm³/mol. The molecule has 3 rings (SSSR count). The maximum atomic E-state index is 11.0. The van der Waals surface area contributed by atoms with Crippen LogP contribution in [0.2, 0.25) is 0 Å². The second kappa shape index (κ2) is 11.0. The molecule has 0 aliphatic heterocycles. The molecule has 0 aromatic heterocycles. The highest BCUT2D eigenvalue weighted by Crippen LogP contribution is 2.57. The molecule has 0 atom stereocenters. The highest BCUT2D eigenvalue weighted by molar-refractivity contribution is 7.98. The van der Waals surface area contributed by atoms with Crippen molar-refractivity contribution in [2.75, 3.05) is 0 Å². The fraction of sp³-hybridized carbons (Fsp3) is 0.259. The molecule has 0 amide bonds. The molecule has 0 aliphatic carbocycles. The number of unbranched alkanes of at least 4 members (excludes halogenated alkanes) is 4. The van der Waals surface area contributed by atoms with Crippen molar-refractivity contribution in [3.05, 3.63) is 103 Å². The van der Waals surface area contributed by atoms with E-state index in [9.17, 15) is 5.11 Å². The number of aliphatic hydroxyl groups excluding tert-OH is 1. The van der Waals surface area contributed by atoms with Crippen molar-refractivity contribution in [3.8, 4) is 0 Å². The molecule has 0 aliphatic rings. The first-order chi connectivity index (χ1) is 14.3. The van der Waals surface area contributed by atoms with Gasteiger partial charge in [0.05, 0.1) is 0 Å². The maximum Gasteiger partial charge on any atom is 0.140 e. The maximum absolute atomic E-state index is 11.0. The molecule has 1 nitrogen and oxygen atoms in total. The molecule has 3 aromatic rings. The molecule has 0 heterocycles. The van der Waals surface area contributed by atoms with Crippen molar-refractivity contribution in [2.45, 2.75) is 45.4 Å². The first-order valence-corrected chi connectivity index (χ1v) is 12.6. The molecule has 0 spiro atoms. The van der Waals surface area contributed by atoms with Gasteiger partial charge in [-0.15, -0.1) is 0 Å². The van der Waals surface area contributed by atoms with E-state index >= 15 is 0 Å². The number of benzene rings is 3. The largest absolute Gasteiger partial charge is 0.509 e. The third kappa shape index (κ3) is 5.37. The van der Waals surface area contributed by atoms with Crippen LogP contribution in [-0.4, -0.2) is 5.11 Å². The van der Waals surface area contributed by atoms with E-state index in [2.05, 4.69) is 104 Å². The number of hydrogen-bond acceptors (Lipinski definition) is 1. The van der Waals surface area contributed by atoms with Crippen LogP contribution in [-0.2, 0) is 0 Å². The summed E-state index contributed by atoms with van der Waals surface area (Å²) < 4.78 is 0. The van der Waals surface area contributed by atoms with Crippen LogP contribution in [0.1, 0.15) is 45.4 Å². The Morgan fingerprint density at radius 3 is 1.48 bits per heavy atom. The van der Waals surface area contributed by atoms with Crippen molar-refractivity contribution < 1.29 is 5.11 Å². The monoisotopic (exact) mass is 403 g/mol. The van der Waals surface area contributed by atoms with E-state index in [4.69, 9.17) is 0 Å². The molecule has 0 saturated carbocycles. The first-order valence-electron chi connectivity index (χ1n) is 10.7. The summed E-state index contributed by atoms with van der Waals surface area (Å²) in [7, 11) is -2.08. The quantitative estimate of drug-likeness (QED) is 0.226. The zero-order valence-corrected chi connectivity index (χ0v) is 18.3. The normalized spacial score (nSPS) is 12.1. The van der Waals surface area contributed by atoms with Crippen LogP contribution < -0.4 is 15.9 Å². The van der Waals surface area contributed by atoms with Gasteiger partial charge in [-0.25, -0.2) is 0 Å². The van der Waals surface area contributed by atoms with Gasteiger partial charge in [-0.05, 0) is 42.8 Å². The van der Waals surface area contributed by atoms with Crippen molar-refractivity contribution in [2.24, 2.45) is 0 Å². The minimum Gasteiger partial charge on any atom is -0.509 e. The second-order valence-electron chi connectivity index (χ2n) is 7.51. The highest BCUT2D eigenvalue weighted by Gasteiger charge is 2.44. The minimum absolute atomic E-state index is 0.520. The Kier molecular flexibility index (Phi) is 8.08. The van der Waals surface area contributed by atoms with Crippen LogP contribution in [0.4, 0.5) is 0 Å². The van der Waals surface area contributed by atoms with Gasteiger partial charge in [0.2, 0.25) is 0 Å². The predicted octanol–water partition coefficient (Wildman–Crippen LogP) is 6.74. The van der Waals surface area contributed by atoms with Gasteiger partial charge in [-0.1, -0.05) is 87.2 Å². The molecule has 0 fully saturated rings. The van der Waals surface area contributed by atoms with Crippen molar-refractivity contribution >= 4 is 23.2 Å². The Labute approximate surface area is 176 Å². The number of rotatable bonds is 10. The molecule has 0 radical (unpaired) electrons. The van der Waals surface area contributed by atoms with E-state index in [0.717, 1.165) is 12.8 Å². The van der Waals surface area contributed by atoms with Gasteiger partial charge in [0, 0.05) is 6.42 Å². The topological polar surface area (TPSA) is 20.2 Å². The van der Waals surface area contributed by atoms with Crippen LogP contribution in [0.25, 0.3) is 0 Å². The van der Waals surface area contributed by atoms with Crippen LogP contribution >= 0.6 is 7.26 Å². The average molecular weight is 404 g/mol. The Balaban J connectivity index is 2.06. The smallest absolute Gasteiger partial charge is 0.140 e. The van der Waals surface area contributed by atoms with Crippen LogP contribution in [0.3, 0.4) is 0 Å². The first kappa shape index (κ1) is 21.3. The van der Waals surface area contributed by atoms with Gasteiger partial charge >= 0.3 is 0 Å². The van der Waals surface area contributed by atoms with Crippen LogP contribution in [0, 0.1) is 0 Å².